The van der Waals surface area contributed by atoms with Crippen LogP contribution in [0.5, 0.6) is 0 Å². The maximum atomic E-state index is 2.40. The Hall–Kier alpha value is -5.38. The van der Waals surface area contributed by atoms with Gasteiger partial charge in [0.05, 0.1) is 16.7 Å². The van der Waals surface area contributed by atoms with E-state index < -0.39 is 0 Å². The molecule has 0 saturated carbocycles. The molecule has 0 saturated heterocycles. The van der Waals surface area contributed by atoms with Crippen molar-refractivity contribution in [3.05, 3.63) is 158 Å². The highest BCUT2D eigenvalue weighted by Crippen LogP contribution is 2.43. The molecular weight excluding hydrogens is 541 g/mol. The molecule has 0 spiro atoms. The van der Waals surface area contributed by atoms with Crippen molar-refractivity contribution in [2.45, 2.75) is 0 Å². The van der Waals surface area contributed by atoms with Crippen LogP contribution in [0.2, 0.25) is 0 Å². The maximum absolute atomic E-state index is 2.40. The predicted octanol–water partition coefficient (Wildman–Crippen LogP) is 11.8. The monoisotopic (exact) mass is 566 g/mol. The lowest BCUT2D eigenvalue weighted by Crippen LogP contribution is -2.10. The van der Waals surface area contributed by atoms with Gasteiger partial charge >= 0.3 is 0 Å². The third-order valence-electron chi connectivity index (χ3n) is 8.56. The molecule has 202 valence electrons. The van der Waals surface area contributed by atoms with Crippen molar-refractivity contribution in [1.82, 2.24) is 4.57 Å². The zero-order chi connectivity index (χ0) is 28.3. The number of anilines is 3. The maximum Gasteiger partial charge on any atom is 0.0541 e. The van der Waals surface area contributed by atoms with Crippen LogP contribution in [0.25, 0.3) is 58.4 Å². The Bertz CT molecular complexity index is 2410. The number of fused-ring (bicyclic) bond motifs is 7. The molecule has 2 aromatic heterocycles. The van der Waals surface area contributed by atoms with Crippen LogP contribution in [0.4, 0.5) is 17.1 Å². The first kappa shape index (κ1) is 24.2. The second-order valence-corrected chi connectivity index (χ2v) is 12.1. The van der Waals surface area contributed by atoms with Crippen LogP contribution in [0.1, 0.15) is 0 Å². The number of benzene rings is 7. The van der Waals surface area contributed by atoms with Crippen molar-refractivity contribution in [1.29, 1.82) is 0 Å². The minimum absolute atomic E-state index is 1.14. The Morgan fingerprint density at radius 1 is 0.419 bits per heavy atom. The number of rotatable bonds is 4. The van der Waals surface area contributed by atoms with E-state index in [1.54, 1.807) is 0 Å². The van der Waals surface area contributed by atoms with Gasteiger partial charge in [-0.3, -0.25) is 0 Å². The van der Waals surface area contributed by atoms with Crippen molar-refractivity contribution < 1.29 is 0 Å². The van der Waals surface area contributed by atoms with E-state index in [0.717, 1.165) is 11.4 Å². The third kappa shape index (κ3) is 3.79. The Morgan fingerprint density at radius 2 is 1.09 bits per heavy atom. The lowest BCUT2D eigenvalue weighted by Gasteiger charge is -2.27. The molecule has 0 aliphatic carbocycles. The molecule has 0 bridgehead atoms. The van der Waals surface area contributed by atoms with Gasteiger partial charge in [0.15, 0.2) is 0 Å². The van der Waals surface area contributed by atoms with Gasteiger partial charge in [0.25, 0.3) is 0 Å². The molecule has 0 amide bonds. The Kier molecular flexibility index (Phi) is 5.40. The van der Waals surface area contributed by atoms with Crippen molar-refractivity contribution >= 4 is 81.1 Å². The molecule has 2 nitrogen and oxygen atoms in total. The van der Waals surface area contributed by atoms with Crippen LogP contribution < -0.4 is 4.90 Å². The number of aromatic nitrogens is 1. The molecule has 0 radical (unpaired) electrons. The van der Waals surface area contributed by atoms with Gasteiger partial charge in [-0.1, -0.05) is 97.1 Å². The summed E-state index contributed by atoms with van der Waals surface area (Å²) in [6.45, 7) is 0. The van der Waals surface area contributed by atoms with Crippen LogP contribution in [0.3, 0.4) is 0 Å². The highest BCUT2D eigenvalue weighted by molar-refractivity contribution is 7.25. The van der Waals surface area contributed by atoms with Gasteiger partial charge in [0.1, 0.15) is 0 Å². The summed E-state index contributed by atoms with van der Waals surface area (Å²) in [5, 5.41) is 7.62. The van der Waals surface area contributed by atoms with E-state index in [4.69, 9.17) is 0 Å². The SMILES string of the molecule is c1ccc(N(c2ccc3sc4cc(-n5c6ccccc6c6ccccc65)ccc4c3c2)c2cccc3ccccc23)cc1. The lowest BCUT2D eigenvalue weighted by atomic mass is 10.1. The summed E-state index contributed by atoms with van der Waals surface area (Å²) in [5.74, 6) is 0. The molecule has 9 rings (SSSR count). The van der Waals surface area contributed by atoms with Gasteiger partial charge in [-0.05, 0) is 66.0 Å². The first-order valence-electron chi connectivity index (χ1n) is 14.6. The van der Waals surface area contributed by atoms with Crippen molar-refractivity contribution in [3.8, 4) is 5.69 Å². The first-order valence-corrected chi connectivity index (χ1v) is 15.4. The molecular formula is C40H26N2S. The zero-order valence-electron chi connectivity index (χ0n) is 23.3. The molecule has 43 heavy (non-hydrogen) atoms. The van der Waals surface area contributed by atoms with Gasteiger partial charge in [0, 0.05) is 53.4 Å². The Labute approximate surface area is 253 Å². The molecule has 0 unspecified atom stereocenters. The molecule has 0 aliphatic heterocycles. The normalized spacial score (nSPS) is 11.7. The molecule has 9 aromatic rings. The summed E-state index contributed by atoms with van der Waals surface area (Å²) in [4.78, 5) is 2.39. The average molecular weight is 567 g/mol. The largest absolute Gasteiger partial charge is 0.310 e. The quantitative estimate of drug-likeness (QED) is 0.206. The van der Waals surface area contributed by atoms with Gasteiger partial charge in [0.2, 0.25) is 0 Å². The van der Waals surface area contributed by atoms with E-state index in [1.165, 1.54) is 64.1 Å². The molecule has 0 atom stereocenters. The topological polar surface area (TPSA) is 8.17 Å². The van der Waals surface area contributed by atoms with Crippen molar-refractivity contribution in [3.63, 3.8) is 0 Å². The molecule has 0 fully saturated rings. The van der Waals surface area contributed by atoms with Crippen molar-refractivity contribution in [2.75, 3.05) is 4.90 Å². The average Bonchev–Trinajstić information content (AvgIpc) is 3.60. The number of nitrogens with zero attached hydrogens (tertiary/aromatic N) is 2. The zero-order valence-corrected chi connectivity index (χ0v) is 24.1. The van der Waals surface area contributed by atoms with E-state index in [9.17, 15) is 0 Å². The Balaban J connectivity index is 1.24. The summed E-state index contributed by atoms with van der Waals surface area (Å²) in [5.41, 5.74) is 7.14. The molecule has 2 heterocycles. The van der Waals surface area contributed by atoms with Crippen LogP contribution >= 0.6 is 11.3 Å². The Morgan fingerprint density at radius 3 is 1.88 bits per heavy atom. The molecule has 7 aromatic carbocycles. The van der Waals surface area contributed by atoms with E-state index in [2.05, 4.69) is 167 Å². The van der Waals surface area contributed by atoms with Crippen LogP contribution in [0.15, 0.2) is 158 Å². The highest BCUT2D eigenvalue weighted by Gasteiger charge is 2.18. The summed E-state index contributed by atoms with van der Waals surface area (Å²) < 4.78 is 4.99. The number of para-hydroxylation sites is 3. The summed E-state index contributed by atoms with van der Waals surface area (Å²) in [6, 6.07) is 57.2. The van der Waals surface area contributed by atoms with Gasteiger partial charge in [-0.15, -0.1) is 11.3 Å². The fraction of sp³-hybridized carbons (Fsp3) is 0. The third-order valence-corrected chi connectivity index (χ3v) is 9.69. The number of hydrogen-bond donors (Lipinski definition) is 0. The minimum atomic E-state index is 1.14. The van der Waals surface area contributed by atoms with Gasteiger partial charge in [-0.2, -0.15) is 0 Å². The number of thiophene rings is 1. The van der Waals surface area contributed by atoms with E-state index in [1.807, 2.05) is 11.3 Å². The smallest absolute Gasteiger partial charge is 0.0541 e. The van der Waals surface area contributed by atoms with Crippen LogP contribution in [0, 0.1) is 0 Å². The summed E-state index contributed by atoms with van der Waals surface area (Å²) in [7, 11) is 0. The predicted molar refractivity (Wildman–Crippen MR) is 186 cm³/mol. The second kappa shape index (κ2) is 9.59. The fourth-order valence-corrected chi connectivity index (χ4v) is 7.76. The van der Waals surface area contributed by atoms with E-state index in [0.29, 0.717) is 0 Å². The van der Waals surface area contributed by atoms with Gasteiger partial charge in [-0.25, -0.2) is 0 Å². The van der Waals surface area contributed by atoms with Crippen LogP contribution in [-0.2, 0) is 0 Å². The number of hydrogen-bond acceptors (Lipinski definition) is 2. The van der Waals surface area contributed by atoms with Crippen LogP contribution in [-0.4, -0.2) is 4.57 Å². The minimum Gasteiger partial charge on any atom is -0.310 e. The summed E-state index contributed by atoms with van der Waals surface area (Å²) in [6.07, 6.45) is 0. The first-order chi connectivity index (χ1) is 21.3. The summed E-state index contributed by atoms with van der Waals surface area (Å²) >= 11 is 1.87. The molecule has 3 heteroatoms. The standard InChI is InChI=1S/C40H26N2S/c1-2-13-28(14-3-1)41(36-20-10-12-27-11-4-5-15-31(27)36)29-22-24-39-35(25-29)34-23-21-30(26-40(34)43-39)42-37-18-8-6-16-32(37)33-17-7-9-19-38(33)42/h1-26H. The molecule has 0 N–H and O–H groups in total. The van der Waals surface area contributed by atoms with Gasteiger partial charge < -0.3 is 9.47 Å². The molecule has 0 aliphatic rings. The van der Waals surface area contributed by atoms with Crippen molar-refractivity contribution in [2.24, 2.45) is 0 Å². The second-order valence-electron chi connectivity index (χ2n) is 11.0. The van der Waals surface area contributed by atoms with E-state index >= 15 is 0 Å². The lowest BCUT2D eigenvalue weighted by molar-refractivity contribution is 1.19. The van der Waals surface area contributed by atoms with E-state index in [-0.39, 0.29) is 0 Å². The highest BCUT2D eigenvalue weighted by atomic mass is 32.1. The fourth-order valence-electron chi connectivity index (χ4n) is 6.64.